The number of carbonyl (C=O) groups is 2. The summed E-state index contributed by atoms with van der Waals surface area (Å²) in [6.45, 7) is 3.14. The molecular formula is C16H20N4O3. The van der Waals surface area contributed by atoms with E-state index in [1.165, 1.54) is 0 Å². The Morgan fingerprint density at radius 2 is 2.30 bits per heavy atom. The van der Waals surface area contributed by atoms with E-state index in [4.69, 9.17) is 4.42 Å². The van der Waals surface area contributed by atoms with Crippen molar-refractivity contribution in [3.63, 3.8) is 0 Å². The molecule has 0 fully saturated rings. The van der Waals surface area contributed by atoms with Crippen LogP contribution in [0.15, 0.2) is 35.1 Å². The molecule has 1 N–H and O–H groups in total. The first-order valence-corrected chi connectivity index (χ1v) is 7.79. The molecule has 1 atom stereocenters. The summed E-state index contributed by atoms with van der Waals surface area (Å²) in [5.74, 6) is 0.595. The van der Waals surface area contributed by atoms with Gasteiger partial charge >= 0.3 is 0 Å². The number of aromatic nitrogens is 2. The van der Waals surface area contributed by atoms with Crippen molar-refractivity contribution in [2.45, 2.75) is 38.9 Å². The van der Waals surface area contributed by atoms with Crippen LogP contribution in [0.25, 0.3) is 0 Å². The molecule has 0 radical (unpaired) electrons. The lowest BCUT2D eigenvalue weighted by atomic mass is 10.1. The van der Waals surface area contributed by atoms with Crippen molar-refractivity contribution in [1.82, 2.24) is 20.0 Å². The van der Waals surface area contributed by atoms with Gasteiger partial charge in [-0.1, -0.05) is 6.92 Å². The molecule has 3 rings (SSSR count). The van der Waals surface area contributed by atoms with E-state index < -0.39 is 6.04 Å². The molecular weight excluding hydrogens is 296 g/mol. The van der Waals surface area contributed by atoms with Crippen LogP contribution < -0.4 is 5.32 Å². The minimum atomic E-state index is -0.510. The summed E-state index contributed by atoms with van der Waals surface area (Å²) in [5, 5.41) is 7.08. The summed E-state index contributed by atoms with van der Waals surface area (Å²) in [6.07, 6.45) is 4.52. The minimum absolute atomic E-state index is 0.0729. The van der Waals surface area contributed by atoms with Gasteiger partial charge in [0.2, 0.25) is 11.8 Å². The third kappa shape index (κ3) is 3.28. The van der Waals surface area contributed by atoms with Crippen molar-refractivity contribution in [3.8, 4) is 0 Å². The molecule has 0 aliphatic carbocycles. The van der Waals surface area contributed by atoms with Crippen LogP contribution in [-0.4, -0.2) is 33.0 Å². The Bertz CT molecular complexity index is 677. The zero-order valence-corrected chi connectivity index (χ0v) is 13.1. The highest BCUT2D eigenvalue weighted by Gasteiger charge is 2.32. The molecule has 7 nitrogen and oxygen atoms in total. The van der Waals surface area contributed by atoms with E-state index in [9.17, 15) is 9.59 Å². The van der Waals surface area contributed by atoms with Crippen molar-refractivity contribution in [1.29, 1.82) is 0 Å². The number of hydrogen-bond acceptors (Lipinski definition) is 4. The van der Waals surface area contributed by atoms with Gasteiger partial charge in [0.25, 0.3) is 0 Å². The molecule has 7 heteroatoms. The third-order valence-corrected chi connectivity index (χ3v) is 3.93. The first-order chi connectivity index (χ1) is 11.2. The van der Waals surface area contributed by atoms with Gasteiger partial charge in [0, 0.05) is 12.6 Å². The number of rotatable bonds is 5. The fourth-order valence-electron chi connectivity index (χ4n) is 2.75. The van der Waals surface area contributed by atoms with Crippen molar-refractivity contribution in [2.75, 3.05) is 6.54 Å². The lowest BCUT2D eigenvalue weighted by molar-refractivity contribution is -0.135. The lowest BCUT2D eigenvalue weighted by Gasteiger charge is -2.33. The molecule has 0 bridgehead atoms. The summed E-state index contributed by atoms with van der Waals surface area (Å²) in [4.78, 5) is 26.5. The summed E-state index contributed by atoms with van der Waals surface area (Å²) >= 11 is 0. The second-order valence-electron chi connectivity index (χ2n) is 5.60. The predicted molar refractivity (Wildman–Crippen MR) is 82.1 cm³/mol. The number of nitrogens with zero attached hydrogens (tertiary/aromatic N) is 3. The first kappa shape index (κ1) is 15.3. The molecule has 0 saturated carbocycles. The molecule has 2 amide bonds. The van der Waals surface area contributed by atoms with E-state index in [0.717, 1.165) is 12.1 Å². The Labute approximate surface area is 134 Å². The quantitative estimate of drug-likeness (QED) is 0.906. The lowest BCUT2D eigenvalue weighted by Crippen LogP contribution is -2.46. The molecule has 2 aromatic heterocycles. The van der Waals surface area contributed by atoms with E-state index in [1.54, 1.807) is 34.2 Å². The highest BCUT2D eigenvalue weighted by atomic mass is 16.3. The Balaban J connectivity index is 1.72. The van der Waals surface area contributed by atoms with E-state index in [0.29, 0.717) is 31.8 Å². The monoisotopic (exact) mass is 316 g/mol. The predicted octanol–water partition coefficient (Wildman–Crippen LogP) is 1.48. The Morgan fingerprint density at radius 3 is 3.04 bits per heavy atom. The van der Waals surface area contributed by atoms with Crippen LogP contribution in [0.1, 0.15) is 37.3 Å². The van der Waals surface area contributed by atoms with Gasteiger partial charge < -0.3 is 14.6 Å². The van der Waals surface area contributed by atoms with Crippen molar-refractivity contribution >= 4 is 11.8 Å². The van der Waals surface area contributed by atoms with E-state index in [2.05, 4.69) is 10.4 Å². The van der Waals surface area contributed by atoms with Crippen molar-refractivity contribution in [2.24, 2.45) is 0 Å². The molecule has 0 aromatic carbocycles. The highest BCUT2D eigenvalue weighted by molar-refractivity contribution is 5.82. The number of furan rings is 1. The number of amides is 2. The average molecular weight is 316 g/mol. The van der Waals surface area contributed by atoms with Crippen molar-refractivity contribution < 1.29 is 14.0 Å². The fraction of sp³-hybridized carbons (Fsp3) is 0.438. The van der Waals surface area contributed by atoms with Crippen LogP contribution in [-0.2, 0) is 22.7 Å². The van der Waals surface area contributed by atoms with Gasteiger partial charge in [-0.15, -0.1) is 0 Å². The van der Waals surface area contributed by atoms with Crippen LogP contribution in [0.5, 0.6) is 0 Å². The van der Waals surface area contributed by atoms with Gasteiger partial charge in [-0.05, 0) is 24.6 Å². The molecule has 3 heterocycles. The first-order valence-electron chi connectivity index (χ1n) is 7.79. The van der Waals surface area contributed by atoms with Crippen LogP contribution in [0, 0.1) is 0 Å². The molecule has 2 aromatic rings. The number of fused-ring (bicyclic) bond motifs is 1. The molecule has 1 aliphatic heterocycles. The second kappa shape index (κ2) is 6.68. The van der Waals surface area contributed by atoms with Crippen molar-refractivity contribution in [3.05, 3.63) is 42.1 Å². The van der Waals surface area contributed by atoms with Crippen LogP contribution >= 0.6 is 0 Å². The third-order valence-electron chi connectivity index (χ3n) is 3.93. The molecule has 1 aliphatic rings. The topological polar surface area (TPSA) is 80.4 Å². The highest BCUT2D eigenvalue weighted by Crippen LogP contribution is 2.21. The van der Waals surface area contributed by atoms with Gasteiger partial charge in [0.05, 0.1) is 31.6 Å². The van der Waals surface area contributed by atoms with E-state index in [-0.39, 0.29) is 11.8 Å². The number of hydrogen-bond donors (Lipinski definition) is 1. The van der Waals surface area contributed by atoms with Crippen LogP contribution in [0.3, 0.4) is 0 Å². The van der Waals surface area contributed by atoms with Gasteiger partial charge in [-0.25, -0.2) is 0 Å². The maximum Gasteiger partial charge on any atom is 0.247 e. The average Bonchev–Trinajstić information content (AvgIpc) is 3.22. The molecule has 23 heavy (non-hydrogen) atoms. The fourth-order valence-corrected chi connectivity index (χ4v) is 2.75. The Hall–Kier alpha value is -2.57. The molecule has 1 unspecified atom stereocenters. The van der Waals surface area contributed by atoms with E-state index in [1.807, 2.05) is 13.0 Å². The van der Waals surface area contributed by atoms with Crippen LogP contribution in [0.2, 0.25) is 0 Å². The van der Waals surface area contributed by atoms with Gasteiger partial charge in [-0.3, -0.25) is 14.3 Å². The molecule has 0 spiro atoms. The SMILES string of the molecule is CCCC(=O)N1Cc2ccnn2C(C(=O)NCc2ccco2)C1. The summed E-state index contributed by atoms with van der Waals surface area (Å²) in [5.41, 5.74) is 0.874. The molecule has 0 saturated heterocycles. The van der Waals surface area contributed by atoms with Gasteiger partial charge in [-0.2, -0.15) is 5.10 Å². The largest absolute Gasteiger partial charge is 0.467 e. The summed E-state index contributed by atoms with van der Waals surface area (Å²) in [6, 6.07) is 4.92. The van der Waals surface area contributed by atoms with Gasteiger partial charge in [0.15, 0.2) is 0 Å². The maximum absolute atomic E-state index is 12.5. The zero-order chi connectivity index (χ0) is 16.2. The zero-order valence-electron chi connectivity index (χ0n) is 13.1. The normalized spacial score (nSPS) is 16.9. The summed E-state index contributed by atoms with van der Waals surface area (Å²) < 4.78 is 6.92. The van der Waals surface area contributed by atoms with Gasteiger partial charge in [0.1, 0.15) is 11.8 Å². The maximum atomic E-state index is 12.5. The minimum Gasteiger partial charge on any atom is -0.467 e. The Kier molecular flexibility index (Phi) is 4.45. The Morgan fingerprint density at radius 1 is 1.43 bits per heavy atom. The smallest absolute Gasteiger partial charge is 0.247 e. The molecule has 122 valence electrons. The van der Waals surface area contributed by atoms with E-state index >= 15 is 0 Å². The standard InChI is InChI=1S/C16H20N4O3/c1-2-4-15(21)19-10-12-6-7-18-20(12)14(11-19)16(22)17-9-13-5-3-8-23-13/h3,5-8,14H,2,4,9-11H2,1H3,(H,17,22). The second-order valence-corrected chi connectivity index (χ2v) is 5.60. The summed E-state index contributed by atoms with van der Waals surface area (Å²) in [7, 11) is 0. The number of nitrogens with one attached hydrogen (secondary N) is 1. The van der Waals surface area contributed by atoms with Crippen LogP contribution in [0.4, 0.5) is 0 Å². The number of carbonyl (C=O) groups excluding carboxylic acids is 2.